The summed E-state index contributed by atoms with van der Waals surface area (Å²) in [6, 6.07) is 0. The number of hydrogen-bond acceptors (Lipinski definition) is 2. The maximum atomic E-state index is 11.2. The van der Waals surface area contributed by atoms with Gasteiger partial charge < -0.3 is 9.22 Å². The molecular weight excluding hydrogens is 154 g/mol. The normalized spacial score (nSPS) is 20.8. The van der Waals surface area contributed by atoms with E-state index in [9.17, 15) is 4.79 Å². The molecule has 1 heterocycles. The minimum Gasteiger partial charge on any atom is -0.462 e. The molecule has 3 heteroatoms. The van der Waals surface area contributed by atoms with Gasteiger partial charge in [-0.15, -0.1) is 0 Å². The van der Waals surface area contributed by atoms with Gasteiger partial charge in [0, 0.05) is 12.8 Å². The van der Waals surface area contributed by atoms with E-state index >= 15 is 0 Å². The van der Waals surface area contributed by atoms with E-state index in [-0.39, 0.29) is 5.97 Å². The highest BCUT2D eigenvalue weighted by atomic mass is 16.5. The molecule has 0 radical (unpaired) electrons. The Bertz CT molecular complexity index is 162. The summed E-state index contributed by atoms with van der Waals surface area (Å²) >= 11 is 0. The maximum absolute atomic E-state index is 11.2. The van der Waals surface area contributed by atoms with Crippen LogP contribution in [0.25, 0.3) is 0 Å². The van der Waals surface area contributed by atoms with Crippen molar-refractivity contribution in [3.63, 3.8) is 0 Å². The molecule has 0 N–H and O–H groups in total. The molecule has 12 heavy (non-hydrogen) atoms. The molecule has 0 aliphatic carbocycles. The molecule has 0 aromatic heterocycles. The number of rotatable bonds is 3. The van der Waals surface area contributed by atoms with Crippen LogP contribution in [0.15, 0.2) is 0 Å². The van der Waals surface area contributed by atoms with Crippen molar-refractivity contribution in [1.82, 2.24) is 0 Å². The SMILES string of the molecule is CCOC(=O)C[N+]1(C)CCCC1. The Morgan fingerprint density at radius 1 is 1.42 bits per heavy atom. The monoisotopic (exact) mass is 172 g/mol. The molecule has 1 aliphatic rings. The van der Waals surface area contributed by atoms with Crippen LogP contribution in [0.5, 0.6) is 0 Å². The van der Waals surface area contributed by atoms with E-state index < -0.39 is 0 Å². The van der Waals surface area contributed by atoms with E-state index in [1.165, 1.54) is 12.8 Å². The summed E-state index contributed by atoms with van der Waals surface area (Å²) in [6.07, 6.45) is 2.49. The number of likely N-dealkylation sites (N-methyl/N-ethyl adjacent to an activating group) is 1. The number of ether oxygens (including phenoxy) is 1. The van der Waals surface area contributed by atoms with Crippen LogP contribution in [0.2, 0.25) is 0 Å². The first-order chi connectivity index (χ1) is 5.66. The van der Waals surface area contributed by atoms with Gasteiger partial charge in [0.25, 0.3) is 0 Å². The lowest BCUT2D eigenvalue weighted by atomic mass is 10.4. The van der Waals surface area contributed by atoms with Crippen LogP contribution in [-0.2, 0) is 9.53 Å². The van der Waals surface area contributed by atoms with Crippen molar-refractivity contribution in [2.45, 2.75) is 19.8 Å². The van der Waals surface area contributed by atoms with Crippen LogP contribution < -0.4 is 0 Å². The molecule has 1 saturated heterocycles. The highest BCUT2D eigenvalue weighted by molar-refractivity contribution is 5.70. The third kappa shape index (κ3) is 2.48. The van der Waals surface area contributed by atoms with Crippen LogP contribution >= 0.6 is 0 Å². The molecule has 1 aliphatic heterocycles. The van der Waals surface area contributed by atoms with Crippen LogP contribution in [0.1, 0.15) is 19.8 Å². The second kappa shape index (κ2) is 3.90. The Kier molecular flexibility index (Phi) is 3.09. The maximum Gasteiger partial charge on any atom is 0.361 e. The van der Waals surface area contributed by atoms with E-state index in [1.54, 1.807) is 0 Å². The number of quaternary nitrogens is 1. The number of hydrogen-bond donors (Lipinski definition) is 0. The average molecular weight is 172 g/mol. The van der Waals surface area contributed by atoms with Crippen molar-refractivity contribution >= 4 is 5.97 Å². The highest BCUT2D eigenvalue weighted by Crippen LogP contribution is 2.15. The molecule has 0 amide bonds. The summed E-state index contributed by atoms with van der Waals surface area (Å²) in [5.74, 6) is -0.0538. The minimum atomic E-state index is -0.0538. The Morgan fingerprint density at radius 2 is 2.00 bits per heavy atom. The van der Waals surface area contributed by atoms with Crippen molar-refractivity contribution in [2.24, 2.45) is 0 Å². The molecule has 0 saturated carbocycles. The van der Waals surface area contributed by atoms with E-state index in [2.05, 4.69) is 7.05 Å². The van der Waals surface area contributed by atoms with Gasteiger partial charge in [-0.25, -0.2) is 4.79 Å². The molecule has 0 aromatic rings. The van der Waals surface area contributed by atoms with Gasteiger partial charge >= 0.3 is 5.97 Å². The van der Waals surface area contributed by atoms with Gasteiger partial charge in [0.15, 0.2) is 6.54 Å². The smallest absolute Gasteiger partial charge is 0.361 e. The molecule has 1 rings (SSSR count). The second-order valence-corrected chi connectivity index (χ2v) is 3.74. The summed E-state index contributed by atoms with van der Waals surface area (Å²) in [5.41, 5.74) is 0. The molecule has 1 fully saturated rings. The number of carbonyl (C=O) groups is 1. The first-order valence-corrected chi connectivity index (χ1v) is 4.65. The second-order valence-electron chi connectivity index (χ2n) is 3.74. The zero-order valence-corrected chi connectivity index (χ0v) is 8.01. The zero-order chi connectivity index (χ0) is 9.03. The zero-order valence-electron chi connectivity index (χ0n) is 8.01. The molecule has 0 spiro atoms. The first kappa shape index (κ1) is 9.52. The van der Waals surface area contributed by atoms with Gasteiger partial charge in [-0.2, -0.15) is 0 Å². The lowest BCUT2D eigenvalue weighted by Gasteiger charge is -2.27. The fourth-order valence-corrected chi connectivity index (χ4v) is 1.78. The number of nitrogens with zero attached hydrogens (tertiary/aromatic N) is 1. The Labute approximate surface area is 73.9 Å². The fraction of sp³-hybridized carbons (Fsp3) is 0.889. The van der Waals surface area contributed by atoms with Crippen LogP contribution in [0, 0.1) is 0 Å². The molecular formula is C9H18NO2+. The quantitative estimate of drug-likeness (QED) is 0.465. The van der Waals surface area contributed by atoms with Gasteiger partial charge in [-0.3, -0.25) is 0 Å². The van der Waals surface area contributed by atoms with Crippen molar-refractivity contribution in [3.8, 4) is 0 Å². The van der Waals surface area contributed by atoms with Crippen LogP contribution in [-0.4, -0.2) is 43.7 Å². The van der Waals surface area contributed by atoms with E-state index in [0.29, 0.717) is 13.2 Å². The largest absolute Gasteiger partial charge is 0.462 e. The molecule has 70 valence electrons. The van der Waals surface area contributed by atoms with Crippen molar-refractivity contribution in [1.29, 1.82) is 0 Å². The summed E-state index contributed by atoms with van der Waals surface area (Å²) in [7, 11) is 2.13. The number of esters is 1. The van der Waals surface area contributed by atoms with Crippen molar-refractivity contribution < 1.29 is 14.0 Å². The van der Waals surface area contributed by atoms with Crippen LogP contribution in [0.3, 0.4) is 0 Å². The first-order valence-electron chi connectivity index (χ1n) is 4.65. The molecule has 0 unspecified atom stereocenters. The lowest BCUT2D eigenvalue weighted by Crippen LogP contribution is -2.45. The van der Waals surface area contributed by atoms with Gasteiger partial charge in [0.2, 0.25) is 0 Å². The highest BCUT2D eigenvalue weighted by Gasteiger charge is 2.29. The van der Waals surface area contributed by atoms with Gasteiger partial charge in [0.05, 0.1) is 26.7 Å². The Balaban J connectivity index is 2.33. The van der Waals surface area contributed by atoms with E-state index in [4.69, 9.17) is 4.74 Å². The Morgan fingerprint density at radius 3 is 2.50 bits per heavy atom. The third-order valence-corrected chi connectivity index (χ3v) is 2.46. The summed E-state index contributed by atoms with van der Waals surface area (Å²) < 4.78 is 5.79. The predicted molar refractivity (Wildman–Crippen MR) is 46.7 cm³/mol. The van der Waals surface area contributed by atoms with Crippen LogP contribution in [0.4, 0.5) is 0 Å². The van der Waals surface area contributed by atoms with E-state index in [0.717, 1.165) is 17.6 Å². The van der Waals surface area contributed by atoms with Gasteiger partial charge in [0.1, 0.15) is 0 Å². The third-order valence-electron chi connectivity index (χ3n) is 2.46. The number of carbonyl (C=O) groups excluding carboxylic acids is 1. The number of likely N-dealkylation sites (tertiary alicyclic amines) is 1. The summed E-state index contributed by atoms with van der Waals surface area (Å²) in [4.78, 5) is 11.2. The summed E-state index contributed by atoms with van der Waals surface area (Å²) in [6.45, 7) is 5.15. The molecule has 3 nitrogen and oxygen atoms in total. The molecule has 0 bridgehead atoms. The standard InChI is InChI=1S/C9H18NO2/c1-3-12-9(11)8-10(2)6-4-5-7-10/h3-8H2,1-2H3/q+1. The predicted octanol–water partition coefficient (Wildman–Crippen LogP) is 0.790. The van der Waals surface area contributed by atoms with Crippen molar-refractivity contribution in [2.75, 3.05) is 33.3 Å². The van der Waals surface area contributed by atoms with Gasteiger partial charge in [-0.05, 0) is 6.92 Å². The minimum absolute atomic E-state index is 0.0538. The van der Waals surface area contributed by atoms with Crippen molar-refractivity contribution in [3.05, 3.63) is 0 Å². The topological polar surface area (TPSA) is 26.3 Å². The molecule has 0 atom stereocenters. The lowest BCUT2D eigenvalue weighted by molar-refractivity contribution is -0.890. The van der Waals surface area contributed by atoms with E-state index in [1.807, 2.05) is 6.92 Å². The fourth-order valence-electron chi connectivity index (χ4n) is 1.78. The molecule has 0 aromatic carbocycles. The van der Waals surface area contributed by atoms with Gasteiger partial charge in [-0.1, -0.05) is 0 Å². The summed E-state index contributed by atoms with van der Waals surface area (Å²) in [5, 5.41) is 0. The Hall–Kier alpha value is -0.570. The average Bonchev–Trinajstić information content (AvgIpc) is 2.36.